The number of carbonyl (C=O) groups is 1. The van der Waals surface area contributed by atoms with Crippen LogP contribution >= 0.6 is 36.2 Å². The van der Waals surface area contributed by atoms with E-state index in [0.29, 0.717) is 6.54 Å². The Balaban J connectivity index is 2.14. The predicted molar refractivity (Wildman–Crippen MR) is 73.4 cm³/mol. The Morgan fingerprint density at radius 2 is 2.47 bits per heavy atom. The molecule has 0 unspecified atom stereocenters. The number of nitrogens with one attached hydrogen (secondary N) is 1. The van der Waals surface area contributed by atoms with Crippen molar-refractivity contribution in [3.05, 3.63) is 23.2 Å². The van der Waals surface area contributed by atoms with Crippen LogP contribution in [0.2, 0.25) is 5.28 Å². The van der Waals surface area contributed by atoms with Gasteiger partial charge in [-0.3, -0.25) is 4.31 Å². The van der Waals surface area contributed by atoms with E-state index in [4.69, 9.17) is 11.6 Å². The highest BCUT2D eigenvalue weighted by Gasteiger charge is 2.02. The van der Waals surface area contributed by atoms with Crippen LogP contribution < -0.4 is 5.32 Å². The first-order valence-electron chi connectivity index (χ1n) is 4.85. The zero-order valence-electron chi connectivity index (χ0n) is 9.26. The van der Waals surface area contributed by atoms with Crippen molar-refractivity contribution in [2.75, 3.05) is 19.3 Å². The van der Waals surface area contributed by atoms with Crippen molar-refractivity contribution in [2.24, 2.45) is 0 Å². The fourth-order valence-electron chi connectivity index (χ4n) is 0.971. The van der Waals surface area contributed by atoms with Gasteiger partial charge in [-0.05, 0) is 17.7 Å². The first-order chi connectivity index (χ1) is 8.09. The van der Waals surface area contributed by atoms with Crippen molar-refractivity contribution < 1.29 is 4.79 Å². The Morgan fingerprint density at radius 1 is 1.71 bits per heavy atom. The SMILES string of the molecule is CN(S)C(=O)NCCSCc1ccnc(Cl)n1. The summed E-state index contributed by atoms with van der Waals surface area (Å²) in [6.45, 7) is 0.590. The summed E-state index contributed by atoms with van der Waals surface area (Å²) in [6.07, 6.45) is 1.63. The minimum Gasteiger partial charge on any atom is -0.336 e. The van der Waals surface area contributed by atoms with Crippen LogP contribution in [0.3, 0.4) is 0 Å². The number of rotatable bonds is 5. The zero-order chi connectivity index (χ0) is 12.7. The smallest absolute Gasteiger partial charge is 0.326 e. The van der Waals surface area contributed by atoms with Gasteiger partial charge in [-0.25, -0.2) is 14.8 Å². The van der Waals surface area contributed by atoms with Crippen LogP contribution in [0, 0.1) is 0 Å². The number of hydrogen-bond donors (Lipinski definition) is 2. The van der Waals surface area contributed by atoms with Crippen molar-refractivity contribution in [1.82, 2.24) is 19.6 Å². The molecule has 0 saturated heterocycles. The Labute approximate surface area is 115 Å². The normalized spacial score (nSPS) is 10.1. The third-order valence-corrected chi connectivity index (χ3v) is 3.11. The highest BCUT2D eigenvalue weighted by Crippen LogP contribution is 2.10. The van der Waals surface area contributed by atoms with E-state index in [1.54, 1.807) is 25.0 Å². The molecule has 1 N–H and O–H groups in total. The van der Waals surface area contributed by atoms with Gasteiger partial charge < -0.3 is 5.32 Å². The standard InChI is InChI=1S/C9H13ClN4OS2/c1-14(16)9(15)12-4-5-17-6-7-2-3-11-8(10)13-7/h2-3,16H,4-6H2,1H3,(H,12,15). The van der Waals surface area contributed by atoms with Crippen molar-refractivity contribution in [3.63, 3.8) is 0 Å². The molecule has 1 heterocycles. The highest BCUT2D eigenvalue weighted by molar-refractivity contribution is 7.98. The molecule has 0 aliphatic carbocycles. The molecule has 1 rings (SSSR count). The molecule has 0 fully saturated rings. The summed E-state index contributed by atoms with van der Waals surface area (Å²) < 4.78 is 1.20. The average Bonchev–Trinajstić information content (AvgIpc) is 2.28. The molecule has 17 heavy (non-hydrogen) atoms. The Kier molecular flexibility index (Phi) is 6.46. The first-order valence-corrected chi connectivity index (χ1v) is 6.78. The van der Waals surface area contributed by atoms with Gasteiger partial charge in [-0.1, -0.05) is 12.8 Å². The molecule has 1 aromatic heterocycles. The lowest BCUT2D eigenvalue weighted by Gasteiger charge is -2.10. The highest BCUT2D eigenvalue weighted by atomic mass is 35.5. The molecule has 94 valence electrons. The van der Waals surface area contributed by atoms with E-state index in [1.165, 1.54) is 4.31 Å². The topological polar surface area (TPSA) is 58.1 Å². The second kappa shape index (κ2) is 7.62. The number of hydrogen-bond acceptors (Lipinski definition) is 5. The maximum Gasteiger partial charge on any atom is 0.326 e. The van der Waals surface area contributed by atoms with Crippen LogP contribution in [-0.2, 0) is 5.75 Å². The summed E-state index contributed by atoms with van der Waals surface area (Å²) in [5.41, 5.74) is 0.882. The van der Waals surface area contributed by atoms with Gasteiger partial charge in [0.05, 0.1) is 5.69 Å². The quantitative estimate of drug-likeness (QED) is 0.494. The molecule has 0 radical (unpaired) electrons. The van der Waals surface area contributed by atoms with E-state index < -0.39 is 0 Å². The summed E-state index contributed by atoms with van der Waals surface area (Å²) >= 11 is 11.2. The van der Waals surface area contributed by atoms with Gasteiger partial charge in [0, 0.05) is 31.3 Å². The van der Waals surface area contributed by atoms with Gasteiger partial charge in [-0.2, -0.15) is 11.8 Å². The van der Waals surface area contributed by atoms with Gasteiger partial charge in [0.2, 0.25) is 5.28 Å². The summed E-state index contributed by atoms with van der Waals surface area (Å²) in [6, 6.07) is 1.61. The molecule has 1 aromatic rings. The molecular weight excluding hydrogens is 280 g/mol. The van der Waals surface area contributed by atoms with Crippen LogP contribution in [0.15, 0.2) is 12.3 Å². The summed E-state index contributed by atoms with van der Waals surface area (Å²) in [4.78, 5) is 19.0. The molecule has 8 heteroatoms. The Hall–Kier alpha value is -0.660. The Morgan fingerprint density at radius 3 is 3.12 bits per heavy atom. The number of thioether (sulfide) groups is 1. The number of amides is 2. The van der Waals surface area contributed by atoms with E-state index in [1.807, 2.05) is 6.07 Å². The fourth-order valence-corrected chi connectivity index (χ4v) is 1.97. The maximum atomic E-state index is 11.1. The van der Waals surface area contributed by atoms with Gasteiger partial charge in [0.25, 0.3) is 0 Å². The monoisotopic (exact) mass is 292 g/mol. The molecule has 0 bridgehead atoms. The van der Waals surface area contributed by atoms with Crippen LogP contribution in [-0.4, -0.2) is 39.6 Å². The average molecular weight is 293 g/mol. The van der Waals surface area contributed by atoms with Crippen molar-refractivity contribution >= 4 is 42.2 Å². The number of carbonyl (C=O) groups excluding carboxylic acids is 1. The van der Waals surface area contributed by atoms with E-state index in [2.05, 4.69) is 28.1 Å². The van der Waals surface area contributed by atoms with E-state index >= 15 is 0 Å². The molecule has 0 spiro atoms. The molecule has 0 aliphatic rings. The largest absolute Gasteiger partial charge is 0.336 e. The third kappa shape index (κ3) is 5.99. The zero-order valence-corrected chi connectivity index (χ0v) is 11.7. The molecule has 0 aliphatic heterocycles. The minimum atomic E-state index is -0.209. The summed E-state index contributed by atoms with van der Waals surface area (Å²) in [5, 5.41) is 2.97. The first kappa shape index (κ1) is 14.4. The summed E-state index contributed by atoms with van der Waals surface area (Å²) in [5.74, 6) is 1.55. The van der Waals surface area contributed by atoms with Gasteiger partial charge in [-0.15, -0.1) is 0 Å². The molecule has 5 nitrogen and oxygen atoms in total. The number of aromatic nitrogens is 2. The van der Waals surface area contributed by atoms with E-state index in [9.17, 15) is 4.79 Å². The fraction of sp³-hybridized carbons (Fsp3) is 0.444. The maximum absolute atomic E-state index is 11.1. The predicted octanol–water partition coefficient (Wildman–Crippen LogP) is 1.85. The number of halogens is 1. The molecule has 0 atom stereocenters. The number of nitrogens with zero attached hydrogens (tertiary/aromatic N) is 3. The van der Waals surface area contributed by atoms with E-state index in [-0.39, 0.29) is 11.3 Å². The molecular formula is C9H13ClN4OS2. The van der Waals surface area contributed by atoms with Crippen LogP contribution in [0.4, 0.5) is 4.79 Å². The lowest BCUT2D eigenvalue weighted by molar-refractivity contribution is 0.231. The van der Waals surface area contributed by atoms with Gasteiger partial charge >= 0.3 is 6.03 Å². The van der Waals surface area contributed by atoms with Crippen LogP contribution in [0.5, 0.6) is 0 Å². The minimum absolute atomic E-state index is 0.209. The van der Waals surface area contributed by atoms with Crippen molar-refractivity contribution in [2.45, 2.75) is 5.75 Å². The van der Waals surface area contributed by atoms with Crippen LogP contribution in [0.1, 0.15) is 5.69 Å². The second-order valence-corrected chi connectivity index (χ2v) is 5.17. The lowest BCUT2D eigenvalue weighted by atomic mass is 10.5. The van der Waals surface area contributed by atoms with Gasteiger partial charge in [0.15, 0.2) is 0 Å². The van der Waals surface area contributed by atoms with Crippen molar-refractivity contribution in [1.29, 1.82) is 0 Å². The number of thiol groups is 1. The molecule has 0 saturated carbocycles. The summed E-state index contributed by atoms with van der Waals surface area (Å²) in [7, 11) is 1.58. The molecule has 0 aromatic carbocycles. The number of urea groups is 1. The van der Waals surface area contributed by atoms with Crippen molar-refractivity contribution in [3.8, 4) is 0 Å². The third-order valence-electron chi connectivity index (χ3n) is 1.75. The second-order valence-electron chi connectivity index (χ2n) is 3.13. The van der Waals surface area contributed by atoms with Crippen LogP contribution in [0.25, 0.3) is 0 Å². The van der Waals surface area contributed by atoms with Gasteiger partial charge in [0.1, 0.15) is 0 Å². The Bertz CT molecular complexity index is 378. The molecule has 2 amide bonds. The van der Waals surface area contributed by atoms with E-state index in [0.717, 1.165) is 17.2 Å². The lowest BCUT2D eigenvalue weighted by Crippen LogP contribution is -2.32.